The first-order valence-corrected chi connectivity index (χ1v) is 8.00. The molecule has 0 saturated heterocycles. The number of hydrogen-bond acceptors (Lipinski definition) is 7. The summed E-state index contributed by atoms with van der Waals surface area (Å²) in [6.07, 6.45) is 6.79. The van der Waals surface area contributed by atoms with Crippen LogP contribution in [0.1, 0.15) is 11.4 Å². The summed E-state index contributed by atoms with van der Waals surface area (Å²) in [4.78, 5) is 17.3. The van der Waals surface area contributed by atoms with Crippen LogP contribution < -0.4 is 10.6 Å². The number of carbonyl (C=O) groups excluding carboxylic acids is 1. The van der Waals surface area contributed by atoms with E-state index in [4.69, 9.17) is 5.73 Å². The minimum Gasteiger partial charge on any atom is -0.404 e. The van der Waals surface area contributed by atoms with Gasteiger partial charge in [-0.05, 0) is 6.26 Å². The van der Waals surface area contributed by atoms with Gasteiger partial charge < -0.3 is 5.73 Å². The number of amides is 1. The molecule has 8 heteroatoms. The highest BCUT2D eigenvalue weighted by atomic mass is 32.2. The lowest BCUT2D eigenvalue weighted by molar-refractivity contribution is -0.117. The molecule has 0 unspecified atom stereocenters. The maximum Gasteiger partial charge on any atom is 0.229 e. The molecule has 108 valence electrons. The second-order valence-corrected chi connectivity index (χ2v) is 5.61. The zero-order chi connectivity index (χ0) is 15.0. The van der Waals surface area contributed by atoms with Gasteiger partial charge >= 0.3 is 0 Å². The molecule has 1 rings (SSSR count). The Morgan fingerprint density at radius 1 is 1.60 bits per heavy atom. The Hall–Kier alpha value is -1.67. The molecule has 0 aliphatic heterocycles. The first kappa shape index (κ1) is 16.4. The Bertz CT molecular complexity index is 524. The van der Waals surface area contributed by atoms with E-state index in [0.717, 1.165) is 5.75 Å². The van der Waals surface area contributed by atoms with Crippen LogP contribution in [0.4, 0.5) is 5.13 Å². The summed E-state index contributed by atoms with van der Waals surface area (Å²) in [6, 6.07) is 0. The third-order valence-electron chi connectivity index (χ3n) is 2.34. The Labute approximate surface area is 126 Å². The molecule has 0 saturated carbocycles. The normalized spacial score (nSPS) is 11.8. The number of anilines is 1. The zero-order valence-electron chi connectivity index (χ0n) is 11.4. The number of rotatable bonds is 7. The summed E-state index contributed by atoms with van der Waals surface area (Å²) < 4.78 is 0. The number of allylic oxidation sites excluding steroid dienone is 1. The smallest absolute Gasteiger partial charge is 0.229 e. The van der Waals surface area contributed by atoms with Gasteiger partial charge in [0.1, 0.15) is 0 Å². The van der Waals surface area contributed by atoms with Crippen molar-refractivity contribution in [3.63, 3.8) is 0 Å². The van der Waals surface area contributed by atoms with Gasteiger partial charge in [-0.2, -0.15) is 11.8 Å². The highest BCUT2D eigenvalue weighted by molar-refractivity contribution is 7.98. The predicted octanol–water partition coefficient (Wildman–Crippen LogP) is 1.77. The van der Waals surface area contributed by atoms with Crippen LogP contribution in [-0.4, -0.2) is 41.4 Å². The molecule has 1 aromatic rings. The largest absolute Gasteiger partial charge is 0.404 e. The topological polar surface area (TPSA) is 84.5 Å². The monoisotopic (exact) mass is 311 g/mol. The van der Waals surface area contributed by atoms with Gasteiger partial charge in [-0.3, -0.25) is 14.7 Å². The van der Waals surface area contributed by atoms with Gasteiger partial charge in [-0.15, -0.1) is 10.2 Å². The Balaban J connectivity index is 2.83. The molecule has 0 bridgehead atoms. The SMILES string of the molecule is C=CN=C/C(=C\N)c1nnc(N(C)C(=O)CCSC)s1. The number of hydrogen-bond donors (Lipinski definition) is 1. The number of nitrogens with zero attached hydrogens (tertiary/aromatic N) is 4. The molecule has 0 aliphatic rings. The molecule has 1 aromatic heterocycles. The van der Waals surface area contributed by atoms with Gasteiger partial charge in [0.25, 0.3) is 0 Å². The van der Waals surface area contributed by atoms with Crippen molar-refractivity contribution < 1.29 is 4.79 Å². The minimum atomic E-state index is 0.0140. The summed E-state index contributed by atoms with van der Waals surface area (Å²) in [7, 11) is 1.69. The summed E-state index contributed by atoms with van der Waals surface area (Å²) in [6.45, 7) is 3.49. The van der Waals surface area contributed by atoms with Crippen LogP contribution in [-0.2, 0) is 4.79 Å². The fourth-order valence-corrected chi connectivity index (χ4v) is 2.43. The quantitative estimate of drug-likeness (QED) is 0.776. The van der Waals surface area contributed by atoms with E-state index in [1.165, 1.54) is 28.6 Å². The first-order valence-electron chi connectivity index (χ1n) is 5.79. The lowest BCUT2D eigenvalue weighted by Crippen LogP contribution is -2.26. The third-order valence-corrected chi connectivity index (χ3v) is 4.00. The fraction of sp³-hybridized carbons (Fsp3) is 0.333. The fourth-order valence-electron chi connectivity index (χ4n) is 1.23. The van der Waals surface area contributed by atoms with E-state index < -0.39 is 0 Å². The van der Waals surface area contributed by atoms with Gasteiger partial charge in [0.2, 0.25) is 11.0 Å². The zero-order valence-corrected chi connectivity index (χ0v) is 13.1. The lowest BCUT2D eigenvalue weighted by Gasteiger charge is -2.12. The Morgan fingerprint density at radius 2 is 2.35 bits per heavy atom. The van der Waals surface area contributed by atoms with Crippen LogP contribution in [0.15, 0.2) is 24.0 Å². The molecule has 1 heterocycles. The molecule has 0 aliphatic carbocycles. The van der Waals surface area contributed by atoms with Crippen molar-refractivity contribution >= 4 is 45.9 Å². The molecule has 1 amide bonds. The molecule has 0 aromatic carbocycles. The van der Waals surface area contributed by atoms with Gasteiger partial charge in [-0.1, -0.05) is 17.9 Å². The predicted molar refractivity (Wildman–Crippen MR) is 87.2 cm³/mol. The number of nitrogens with two attached hydrogens (primary N) is 1. The van der Waals surface area contributed by atoms with Crippen LogP contribution in [0, 0.1) is 0 Å². The van der Waals surface area contributed by atoms with Crippen molar-refractivity contribution in [3.8, 4) is 0 Å². The van der Waals surface area contributed by atoms with Gasteiger partial charge in [0, 0.05) is 43.4 Å². The van der Waals surface area contributed by atoms with Crippen molar-refractivity contribution in [2.24, 2.45) is 10.7 Å². The number of carbonyl (C=O) groups is 1. The van der Waals surface area contributed by atoms with Crippen molar-refractivity contribution in [1.82, 2.24) is 10.2 Å². The van der Waals surface area contributed by atoms with Gasteiger partial charge in [0.05, 0.1) is 0 Å². The highest BCUT2D eigenvalue weighted by Gasteiger charge is 2.16. The third kappa shape index (κ3) is 4.46. The Morgan fingerprint density at radius 3 is 2.95 bits per heavy atom. The molecule has 20 heavy (non-hydrogen) atoms. The standard InChI is InChI=1S/C12H17N5OS2/c1-4-14-8-9(7-13)11-15-16-12(20-11)17(2)10(18)5-6-19-3/h4,7-8H,1,5-6,13H2,2-3H3/b9-7+,14-8?. The van der Waals surface area contributed by atoms with E-state index in [9.17, 15) is 4.79 Å². The van der Waals surface area contributed by atoms with Crippen LogP contribution in [0.25, 0.3) is 5.57 Å². The second kappa shape index (κ2) is 8.49. The number of aliphatic imine (C=N–C) groups is 1. The average molecular weight is 311 g/mol. The second-order valence-electron chi connectivity index (χ2n) is 3.67. The maximum absolute atomic E-state index is 11.9. The Kier molecular flexibility index (Phi) is 6.96. The van der Waals surface area contributed by atoms with E-state index in [0.29, 0.717) is 22.1 Å². The van der Waals surface area contributed by atoms with E-state index >= 15 is 0 Å². The average Bonchev–Trinajstić information content (AvgIpc) is 2.94. The first-order chi connectivity index (χ1) is 9.63. The van der Waals surface area contributed by atoms with Gasteiger partial charge in [-0.25, -0.2) is 0 Å². The molecular formula is C12H17N5OS2. The highest BCUT2D eigenvalue weighted by Crippen LogP contribution is 2.24. The molecular weight excluding hydrogens is 294 g/mol. The van der Waals surface area contributed by atoms with Crippen molar-refractivity contribution in [2.75, 3.05) is 24.0 Å². The van der Waals surface area contributed by atoms with E-state index in [-0.39, 0.29) is 5.91 Å². The summed E-state index contributed by atoms with van der Waals surface area (Å²) in [5.41, 5.74) is 6.16. The molecule has 0 atom stereocenters. The van der Waals surface area contributed by atoms with E-state index in [2.05, 4.69) is 21.8 Å². The van der Waals surface area contributed by atoms with Crippen LogP contribution in [0.5, 0.6) is 0 Å². The van der Waals surface area contributed by atoms with Crippen molar-refractivity contribution in [1.29, 1.82) is 0 Å². The maximum atomic E-state index is 11.9. The van der Waals surface area contributed by atoms with Crippen LogP contribution >= 0.6 is 23.1 Å². The van der Waals surface area contributed by atoms with E-state index in [1.54, 1.807) is 25.0 Å². The molecule has 2 N–H and O–H groups in total. The van der Waals surface area contributed by atoms with Crippen LogP contribution in [0.2, 0.25) is 0 Å². The number of thioether (sulfide) groups is 1. The molecule has 0 fully saturated rings. The van der Waals surface area contributed by atoms with Crippen molar-refractivity contribution in [2.45, 2.75) is 6.42 Å². The number of aromatic nitrogens is 2. The molecule has 0 spiro atoms. The van der Waals surface area contributed by atoms with Crippen LogP contribution in [0.3, 0.4) is 0 Å². The van der Waals surface area contributed by atoms with E-state index in [1.807, 2.05) is 6.26 Å². The van der Waals surface area contributed by atoms with Gasteiger partial charge in [0.15, 0.2) is 5.01 Å². The summed E-state index contributed by atoms with van der Waals surface area (Å²) in [5, 5.41) is 9.17. The summed E-state index contributed by atoms with van der Waals surface area (Å²) >= 11 is 2.92. The van der Waals surface area contributed by atoms with Crippen molar-refractivity contribution in [3.05, 3.63) is 24.0 Å². The summed E-state index contributed by atoms with van der Waals surface area (Å²) in [5.74, 6) is 0.800. The molecule has 0 radical (unpaired) electrons. The minimum absolute atomic E-state index is 0.0140. The lowest BCUT2D eigenvalue weighted by atomic mass is 10.3. The molecule has 6 nitrogen and oxygen atoms in total.